The van der Waals surface area contributed by atoms with E-state index in [1.165, 1.54) is 19.3 Å². The molecule has 2 unspecified atom stereocenters. The highest BCUT2D eigenvalue weighted by Gasteiger charge is 2.17. The molecule has 0 aliphatic heterocycles. The van der Waals surface area contributed by atoms with Crippen molar-refractivity contribution in [2.24, 2.45) is 0 Å². The number of aliphatic hydroxyl groups excluding tert-OH is 1. The summed E-state index contributed by atoms with van der Waals surface area (Å²) in [6.45, 7) is 3.13. The molecule has 2 N–H and O–H groups in total. The molecule has 5 heteroatoms. The highest BCUT2D eigenvalue weighted by atomic mass is 32.1. The van der Waals surface area contributed by atoms with Crippen LogP contribution in [-0.4, -0.2) is 35.5 Å². The molecule has 0 bridgehead atoms. The van der Waals surface area contributed by atoms with E-state index in [4.69, 9.17) is 4.74 Å². The van der Waals surface area contributed by atoms with E-state index in [1.807, 2.05) is 11.6 Å². The molecule has 1 saturated carbocycles. The number of hydrogen-bond acceptors (Lipinski definition) is 5. The highest BCUT2D eigenvalue weighted by molar-refractivity contribution is 7.09. The first-order valence-electron chi connectivity index (χ1n) is 7.72. The number of thiazole rings is 1. The molecule has 0 amide bonds. The first-order chi connectivity index (χ1) is 9.79. The molecule has 1 fully saturated rings. The van der Waals surface area contributed by atoms with Gasteiger partial charge in [-0.15, -0.1) is 11.3 Å². The summed E-state index contributed by atoms with van der Waals surface area (Å²) in [5.41, 5.74) is 0. The fourth-order valence-electron chi connectivity index (χ4n) is 2.63. The summed E-state index contributed by atoms with van der Waals surface area (Å²) in [6, 6.07) is 0.235. The first-order valence-corrected chi connectivity index (χ1v) is 8.60. The third kappa shape index (κ3) is 5.13. The third-order valence-electron chi connectivity index (χ3n) is 3.83. The van der Waals surface area contributed by atoms with Crippen molar-refractivity contribution in [3.05, 3.63) is 16.6 Å². The molecule has 1 aromatic heterocycles. The minimum atomic E-state index is -0.439. The highest BCUT2D eigenvalue weighted by Crippen LogP contribution is 2.21. The van der Waals surface area contributed by atoms with Gasteiger partial charge in [0, 0.05) is 18.1 Å². The maximum Gasteiger partial charge on any atom is 0.109 e. The van der Waals surface area contributed by atoms with Gasteiger partial charge in [-0.3, -0.25) is 0 Å². The van der Waals surface area contributed by atoms with Crippen molar-refractivity contribution in [1.29, 1.82) is 0 Å². The van der Waals surface area contributed by atoms with Crippen molar-refractivity contribution in [2.45, 2.75) is 63.7 Å². The van der Waals surface area contributed by atoms with E-state index >= 15 is 0 Å². The number of nitrogens with zero attached hydrogens (tertiary/aromatic N) is 1. The minimum absolute atomic E-state index is 0.235. The Kier molecular flexibility index (Phi) is 6.93. The van der Waals surface area contributed by atoms with Gasteiger partial charge in [-0.2, -0.15) is 0 Å². The quantitative estimate of drug-likeness (QED) is 0.775. The van der Waals surface area contributed by atoms with Gasteiger partial charge < -0.3 is 15.2 Å². The zero-order valence-corrected chi connectivity index (χ0v) is 13.1. The van der Waals surface area contributed by atoms with Crippen LogP contribution in [0.4, 0.5) is 0 Å². The molecule has 1 aliphatic carbocycles. The smallest absolute Gasteiger partial charge is 0.109 e. The van der Waals surface area contributed by atoms with Crippen LogP contribution in [0.3, 0.4) is 0 Å². The normalized spacial score (nSPS) is 19.9. The number of aromatic nitrogens is 1. The van der Waals surface area contributed by atoms with Crippen LogP contribution in [0.15, 0.2) is 11.6 Å². The number of aliphatic hydroxyl groups is 1. The van der Waals surface area contributed by atoms with E-state index in [1.54, 1.807) is 11.3 Å². The Hall–Kier alpha value is -0.490. The third-order valence-corrected chi connectivity index (χ3v) is 4.72. The molecule has 2 atom stereocenters. The van der Waals surface area contributed by atoms with Crippen LogP contribution in [0.5, 0.6) is 0 Å². The van der Waals surface area contributed by atoms with Crippen molar-refractivity contribution < 1.29 is 9.84 Å². The van der Waals surface area contributed by atoms with Crippen molar-refractivity contribution >= 4 is 11.3 Å². The number of nitrogens with one attached hydrogen (secondary N) is 1. The Balaban J connectivity index is 1.64. The predicted molar refractivity (Wildman–Crippen MR) is 82.0 cm³/mol. The second-order valence-corrected chi connectivity index (χ2v) is 6.41. The zero-order chi connectivity index (χ0) is 14.2. The first kappa shape index (κ1) is 15.9. The molecule has 114 valence electrons. The molecule has 0 saturated heterocycles. The molecule has 0 spiro atoms. The van der Waals surface area contributed by atoms with E-state index in [9.17, 15) is 5.11 Å². The van der Waals surface area contributed by atoms with Gasteiger partial charge in [0.05, 0.1) is 24.9 Å². The molecular formula is C15H26N2O2S. The predicted octanol–water partition coefficient (Wildman–Crippen LogP) is 2.89. The average molecular weight is 298 g/mol. The van der Waals surface area contributed by atoms with Gasteiger partial charge in [-0.05, 0) is 19.3 Å². The summed E-state index contributed by atoms with van der Waals surface area (Å²) in [7, 11) is 0. The van der Waals surface area contributed by atoms with Crippen LogP contribution in [0.25, 0.3) is 0 Å². The van der Waals surface area contributed by atoms with E-state index in [0.29, 0.717) is 19.3 Å². The zero-order valence-electron chi connectivity index (χ0n) is 12.3. The van der Waals surface area contributed by atoms with Gasteiger partial charge in [-0.1, -0.05) is 26.2 Å². The SMILES string of the molecule is CCC(NCC(O)COC1CCCCC1)c1nccs1. The van der Waals surface area contributed by atoms with Crippen LogP contribution < -0.4 is 5.32 Å². The van der Waals surface area contributed by atoms with Crippen molar-refractivity contribution in [3.63, 3.8) is 0 Å². The Labute approximate surface area is 125 Å². The Morgan fingerprint density at radius 1 is 1.45 bits per heavy atom. The summed E-state index contributed by atoms with van der Waals surface area (Å²) < 4.78 is 5.80. The molecule has 1 aliphatic rings. The second-order valence-electron chi connectivity index (χ2n) is 5.49. The lowest BCUT2D eigenvalue weighted by molar-refractivity contribution is -0.0236. The number of hydrogen-bond donors (Lipinski definition) is 2. The van der Waals surface area contributed by atoms with E-state index in [0.717, 1.165) is 24.3 Å². The van der Waals surface area contributed by atoms with Crippen LogP contribution in [0.2, 0.25) is 0 Å². The summed E-state index contributed by atoms with van der Waals surface area (Å²) in [5.74, 6) is 0. The van der Waals surface area contributed by atoms with Crippen molar-refractivity contribution in [1.82, 2.24) is 10.3 Å². The number of rotatable bonds is 8. The molecule has 2 rings (SSSR count). The van der Waals surface area contributed by atoms with Gasteiger partial charge in [0.1, 0.15) is 5.01 Å². The lowest BCUT2D eigenvalue weighted by atomic mass is 9.98. The minimum Gasteiger partial charge on any atom is -0.389 e. The molecule has 1 aromatic rings. The van der Waals surface area contributed by atoms with E-state index < -0.39 is 6.10 Å². The lowest BCUT2D eigenvalue weighted by Gasteiger charge is -2.24. The Bertz CT molecular complexity index is 353. The molecule has 0 radical (unpaired) electrons. The van der Waals surface area contributed by atoms with Gasteiger partial charge >= 0.3 is 0 Å². The molecule has 1 heterocycles. The maximum atomic E-state index is 10.0. The molecule has 20 heavy (non-hydrogen) atoms. The van der Waals surface area contributed by atoms with Crippen LogP contribution >= 0.6 is 11.3 Å². The van der Waals surface area contributed by atoms with Crippen LogP contribution in [0, 0.1) is 0 Å². The van der Waals surface area contributed by atoms with Gasteiger partial charge in [0.2, 0.25) is 0 Å². The van der Waals surface area contributed by atoms with Gasteiger partial charge in [-0.25, -0.2) is 4.98 Å². The summed E-state index contributed by atoms with van der Waals surface area (Å²) in [5, 5.41) is 16.5. The summed E-state index contributed by atoms with van der Waals surface area (Å²) in [4.78, 5) is 4.33. The second kappa shape index (κ2) is 8.72. The van der Waals surface area contributed by atoms with Crippen LogP contribution in [0.1, 0.15) is 56.5 Å². The molecular weight excluding hydrogens is 272 g/mol. The van der Waals surface area contributed by atoms with Crippen molar-refractivity contribution in [2.75, 3.05) is 13.2 Å². The number of ether oxygens (including phenoxy) is 1. The fourth-order valence-corrected chi connectivity index (χ4v) is 3.43. The van der Waals surface area contributed by atoms with Gasteiger partial charge in [0.15, 0.2) is 0 Å². The molecule has 0 aromatic carbocycles. The lowest BCUT2D eigenvalue weighted by Crippen LogP contribution is -2.34. The van der Waals surface area contributed by atoms with E-state index in [2.05, 4.69) is 17.2 Å². The Morgan fingerprint density at radius 2 is 2.25 bits per heavy atom. The summed E-state index contributed by atoms with van der Waals surface area (Å²) >= 11 is 1.66. The average Bonchev–Trinajstić information content (AvgIpc) is 3.01. The standard InChI is InChI=1S/C15H26N2O2S/c1-2-14(15-16-8-9-20-15)17-10-12(18)11-19-13-6-4-3-5-7-13/h8-9,12-14,17-18H,2-7,10-11H2,1H3. The van der Waals surface area contributed by atoms with Gasteiger partial charge in [0.25, 0.3) is 0 Å². The van der Waals surface area contributed by atoms with Crippen LogP contribution in [-0.2, 0) is 4.74 Å². The van der Waals surface area contributed by atoms with E-state index in [-0.39, 0.29) is 6.04 Å². The maximum absolute atomic E-state index is 10.0. The van der Waals surface area contributed by atoms with Crippen molar-refractivity contribution in [3.8, 4) is 0 Å². The Morgan fingerprint density at radius 3 is 2.90 bits per heavy atom. The largest absolute Gasteiger partial charge is 0.389 e. The molecule has 4 nitrogen and oxygen atoms in total. The fraction of sp³-hybridized carbons (Fsp3) is 0.800. The monoisotopic (exact) mass is 298 g/mol. The topological polar surface area (TPSA) is 54.4 Å². The summed E-state index contributed by atoms with van der Waals surface area (Å²) in [6.07, 6.45) is 8.88.